The Morgan fingerprint density at radius 3 is 2.20 bits per heavy atom. The molecule has 0 aliphatic rings. The summed E-state index contributed by atoms with van der Waals surface area (Å²) < 4.78 is 26.7. The number of benzene rings is 2. The number of hydrogen-bond donors (Lipinski definition) is 1. The van der Waals surface area contributed by atoms with Gasteiger partial charge < -0.3 is 0 Å². The summed E-state index contributed by atoms with van der Waals surface area (Å²) in [5.41, 5.74) is 0.217. The van der Waals surface area contributed by atoms with Gasteiger partial charge in [0.15, 0.2) is 0 Å². The zero-order valence-corrected chi connectivity index (χ0v) is 12.3. The van der Waals surface area contributed by atoms with E-state index in [0.717, 1.165) is 0 Å². The van der Waals surface area contributed by atoms with Crippen molar-refractivity contribution in [2.75, 3.05) is 4.72 Å². The summed E-state index contributed by atoms with van der Waals surface area (Å²) in [6.45, 7) is 0. The maximum absolute atomic E-state index is 12.2. The lowest BCUT2D eigenvalue weighted by atomic mass is 10.2. The van der Waals surface area contributed by atoms with Crippen LogP contribution in [-0.2, 0) is 10.0 Å². The van der Waals surface area contributed by atoms with Crippen LogP contribution in [0.1, 0.15) is 10.4 Å². The number of anilines is 1. The van der Waals surface area contributed by atoms with Crippen molar-refractivity contribution in [1.29, 1.82) is 0 Å². The molecule has 0 bridgehead atoms. The van der Waals surface area contributed by atoms with Crippen molar-refractivity contribution in [3.8, 4) is 0 Å². The van der Waals surface area contributed by atoms with E-state index in [-0.39, 0.29) is 16.1 Å². The Labute approximate surface area is 126 Å². The molecule has 4 nitrogen and oxygen atoms in total. The van der Waals surface area contributed by atoms with Gasteiger partial charge in [-0.05, 0) is 48.0 Å². The molecule has 0 atom stereocenters. The third-order valence-corrected chi connectivity index (χ3v) is 4.34. The fourth-order valence-corrected chi connectivity index (χ4v) is 2.93. The van der Waals surface area contributed by atoms with E-state index in [1.54, 1.807) is 12.1 Å². The molecular formula is C13H9Cl2NO3S. The Morgan fingerprint density at radius 2 is 1.60 bits per heavy atom. The average Bonchev–Trinajstić information content (AvgIpc) is 2.39. The molecule has 20 heavy (non-hydrogen) atoms. The minimum atomic E-state index is -3.81. The van der Waals surface area contributed by atoms with Crippen molar-refractivity contribution in [2.24, 2.45) is 0 Å². The van der Waals surface area contributed by atoms with Gasteiger partial charge in [-0.2, -0.15) is 0 Å². The number of halogens is 2. The summed E-state index contributed by atoms with van der Waals surface area (Å²) in [6, 6.07) is 11.8. The molecule has 0 amide bonds. The van der Waals surface area contributed by atoms with Crippen molar-refractivity contribution in [2.45, 2.75) is 4.90 Å². The first-order valence-corrected chi connectivity index (χ1v) is 7.71. The molecule has 0 radical (unpaired) electrons. The molecule has 104 valence electrons. The predicted octanol–water partition coefficient (Wildman–Crippen LogP) is 3.52. The van der Waals surface area contributed by atoms with Gasteiger partial charge in [0.2, 0.25) is 0 Å². The number of carbonyl (C=O) groups excluding carboxylic acids is 1. The van der Waals surface area contributed by atoms with Gasteiger partial charge in [-0.1, -0.05) is 23.7 Å². The van der Waals surface area contributed by atoms with Crippen LogP contribution in [0.15, 0.2) is 53.4 Å². The van der Waals surface area contributed by atoms with Crippen LogP contribution in [-0.4, -0.2) is 13.7 Å². The molecule has 7 heteroatoms. The van der Waals surface area contributed by atoms with Gasteiger partial charge in [0.25, 0.3) is 15.3 Å². The Kier molecular flexibility index (Phi) is 4.32. The molecule has 0 aliphatic heterocycles. The lowest BCUT2D eigenvalue weighted by Crippen LogP contribution is -2.14. The molecular weight excluding hydrogens is 321 g/mol. The first-order valence-electron chi connectivity index (χ1n) is 5.47. The molecule has 0 saturated carbocycles. The summed E-state index contributed by atoms with van der Waals surface area (Å²) >= 11 is 11.1. The highest BCUT2D eigenvalue weighted by molar-refractivity contribution is 7.92. The van der Waals surface area contributed by atoms with Crippen molar-refractivity contribution in [3.63, 3.8) is 0 Å². The second-order valence-electron chi connectivity index (χ2n) is 3.88. The molecule has 0 aromatic heterocycles. The van der Waals surface area contributed by atoms with Crippen molar-refractivity contribution >= 4 is 44.2 Å². The van der Waals surface area contributed by atoms with Crippen LogP contribution < -0.4 is 4.72 Å². The third-order valence-electron chi connectivity index (χ3n) is 2.51. The number of sulfonamides is 1. The van der Waals surface area contributed by atoms with E-state index in [9.17, 15) is 13.2 Å². The second kappa shape index (κ2) is 5.83. The van der Waals surface area contributed by atoms with Crippen molar-refractivity contribution in [3.05, 3.63) is 59.1 Å². The monoisotopic (exact) mass is 329 g/mol. The Balaban J connectivity index is 2.38. The Hall–Kier alpha value is -1.56. The van der Waals surface area contributed by atoms with Gasteiger partial charge in [0.1, 0.15) is 0 Å². The number of para-hydroxylation sites is 1. The maximum Gasteiger partial charge on any atom is 0.261 e. The molecule has 0 saturated heterocycles. The first-order chi connectivity index (χ1) is 9.40. The summed E-state index contributed by atoms with van der Waals surface area (Å²) in [4.78, 5) is 11.3. The summed E-state index contributed by atoms with van der Waals surface area (Å²) in [5.74, 6) is 0. The smallest absolute Gasteiger partial charge is 0.261 e. The fraction of sp³-hybridized carbons (Fsp3) is 0. The quantitative estimate of drug-likeness (QED) is 0.873. The lowest BCUT2D eigenvalue weighted by Gasteiger charge is -2.10. The highest BCUT2D eigenvalue weighted by Gasteiger charge is 2.17. The summed E-state index contributed by atoms with van der Waals surface area (Å²) in [5, 5.41) is -0.306. The largest absolute Gasteiger partial charge is 0.279 e. The molecule has 0 heterocycles. The SMILES string of the molecule is O=C(Cl)c1ccccc1NS(=O)(=O)c1ccc(Cl)cc1. The molecule has 0 fully saturated rings. The van der Waals surface area contributed by atoms with E-state index in [2.05, 4.69) is 4.72 Å². The maximum atomic E-state index is 12.2. The zero-order chi connectivity index (χ0) is 14.8. The topological polar surface area (TPSA) is 63.2 Å². The predicted molar refractivity (Wildman–Crippen MR) is 78.9 cm³/mol. The van der Waals surface area contributed by atoms with Gasteiger partial charge in [-0.25, -0.2) is 8.42 Å². The van der Waals surface area contributed by atoms with E-state index in [0.29, 0.717) is 5.02 Å². The van der Waals surface area contributed by atoms with Crippen LogP contribution in [0.4, 0.5) is 5.69 Å². The molecule has 0 spiro atoms. The normalized spacial score (nSPS) is 11.1. The second-order valence-corrected chi connectivity index (χ2v) is 6.34. The highest BCUT2D eigenvalue weighted by Crippen LogP contribution is 2.22. The molecule has 2 rings (SSSR count). The Morgan fingerprint density at radius 1 is 1.00 bits per heavy atom. The van der Waals surface area contributed by atoms with Crippen molar-refractivity contribution < 1.29 is 13.2 Å². The van der Waals surface area contributed by atoms with Crippen LogP contribution in [0.5, 0.6) is 0 Å². The van der Waals surface area contributed by atoms with Gasteiger partial charge in [-0.15, -0.1) is 0 Å². The molecule has 0 aliphatic carbocycles. The summed E-state index contributed by atoms with van der Waals surface area (Å²) in [6.07, 6.45) is 0. The molecule has 2 aromatic rings. The number of carbonyl (C=O) groups is 1. The number of nitrogens with one attached hydrogen (secondary N) is 1. The van der Waals surface area contributed by atoms with E-state index < -0.39 is 15.3 Å². The minimum Gasteiger partial charge on any atom is -0.279 e. The van der Waals surface area contributed by atoms with Crippen molar-refractivity contribution in [1.82, 2.24) is 0 Å². The number of hydrogen-bond acceptors (Lipinski definition) is 3. The average molecular weight is 330 g/mol. The lowest BCUT2D eigenvalue weighted by molar-refractivity contribution is 0.108. The van der Waals surface area contributed by atoms with Crippen LogP contribution in [0, 0.1) is 0 Å². The van der Waals surface area contributed by atoms with Gasteiger partial charge in [0.05, 0.1) is 16.1 Å². The van der Waals surface area contributed by atoms with Gasteiger partial charge in [0, 0.05) is 5.02 Å². The van der Waals surface area contributed by atoms with E-state index in [4.69, 9.17) is 23.2 Å². The molecule has 2 aromatic carbocycles. The molecule has 1 N–H and O–H groups in total. The van der Waals surface area contributed by atoms with E-state index >= 15 is 0 Å². The third kappa shape index (κ3) is 3.30. The number of rotatable bonds is 4. The Bertz CT molecular complexity index is 742. The van der Waals surface area contributed by atoms with E-state index in [1.807, 2.05) is 0 Å². The van der Waals surface area contributed by atoms with Crippen LogP contribution in [0.3, 0.4) is 0 Å². The summed E-state index contributed by atoms with van der Waals surface area (Å²) in [7, 11) is -3.81. The first kappa shape index (κ1) is 14.8. The van der Waals surface area contributed by atoms with Crippen LogP contribution >= 0.6 is 23.2 Å². The van der Waals surface area contributed by atoms with Gasteiger partial charge >= 0.3 is 0 Å². The molecule has 0 unspecified atom stereocenters. The standard InChI is InChI=1S/C13H9Cl2NO3S/c14-9-5-7-10(8-6-9)20(18,19)16-12-4-2-1-3-11(12)13(15)17/h1-8,16H. The zero-order valence-electron chi connectivity index (χ0n) is 10.0. The van der Waals surface area contributed by atoms with E-state index in [1.165, 1.54) is 36.4 Å². The highest BCUT2D eigenvalue weighted by atomic mass is 35.5. The fourth-order valence-electron chi connectivity index (χ4n) is 1.56. The van der Waals surface area contributed by atoms with Gasteiger partial charge in [-0.3, -0.25) is 9.52 Å². The van der Waals surface area contributed by atoms with Crippen LogP contribution in [0.2, 0.25) is 5.02 Å². The minimum absolute atomic E-state index is 0.0405. The van der Waals surface area contributed by atoms with Crippen LogP contribution in [0.25, 0.3) is 0 Å².